The van der Waals surface area contributed by atoms with Crippen LogP contribution in [0, 0.1) is 5.92 Å². The maximum atomic E-state index is 12.7. The number of aliphatic hydroxyl groups is 1. The minimum atomic E-state index is -3.61. The number of nitrogens with one attached hydrogen (secondary N) is 1. The standard InChI is InChI=1S/C36H35N3O5S2/c1-25-33(24-45-36-37-19-6-20-38-36)43-35(44-34(25)29-13-11-26(23-40)12-14-29)30-17-15-28(16-18-30)31-8-5-7-27(21-31)22-39-46(41,42)32-9-3-2-4-10-32/h2-21,25,33-35,39-40H,22-24H2,1H3/t25-,33+,34+,35+/m1/s1. The molecule has 0 aliphatic carbocycles. The third-order valence-electron chi connectivity index (χ3n) is 8.01. The van der Waals surface area contributed by atoms with Crippen LogP contribution in [0.1, 0.15) is 41.6 Å². The van der Waals surface area contributed by atoms with Gasteiger partial charge in [0.25, 0.3) is 0 Å². The Kier molecular flexibility index (Phi) is 10.2. The van der Waals surface area contributed by atoms with E-state index >= 15 is 0 Å². The van der Waals surface area contributed by atoms with E-state index in [0.29, 0.717) is 10.9 Å². The van der Waals surface area contributed by atoms with E-state index < -0.39 is 16.3 Å². The summed E-state index contributed by atoms with van der Waals surface area (Å²) in [5.74, 6) is 0.712. The first kappa shape index (κ1) is 32.1. The second-order valence-corrected chi connectivity index (χ2v) is 13.9. The number of aliphatic hydroxyl groups excluding tert-OH is 1. The summed E-state index contributed by atoms with van der Waals surface area (Å²) < 4.78 is 41.2. The molecule has 236 valence electrons. The molecule has 1 fully saturated rings. The van der Waals surface area contributed by atoms with Crippen molar-refractivity contribution in [1.29, 1.82) is 0 Å². The highest BCUT2D eigenvalue weighted by Gasteiger charge is 2.38. The molecule has 2 heterocycles. The minimum Gasteiger partial charge on any atom is -0.392 e. The lowest BCUT2D eigenvalue weighted by Gasteiger charge is -2.41. The van der Waals surface area contributed by atoms with Gasteiger partial charge in [-0.25, -0.2) is 23.1 Å². The number of ether oxygens (including phenoxy) is 2. The van der Waals surface area contributed by atoms with Gasteiger partial charge in [0, 0.05) is 36.2 Å². The van der Waals surface area contributed by atoms with Crippen LogP contribution in [0.25, 0.3) is 11.1 Å². The zero-order valence-electron chi connectivity index (χ0n) is 25.3. The van der Waals surface area contributed by atoms with Crippen molar-refractivity contribution < 1.29 is 23.0 Å². The molecule has 0 spiro atoms. The molecule has 1 aliphatic heterocycles. The number of rotatable bonds is 11. The Labute approximate surface area is 273 Å². The highest BCUT2D eigenvalue weighted by molar-refractivity contribution is 7.99. The van der Waals surface area contributed by atoms with E-state index in [0.717, 1.165) is 33.4 Å². The van der Waals surface area contributed by atoms with Gasteiger partial charge in [0.15, 0.2) is 11.4 Å². The van der Waals surface area contributed by atoms with Gasteiger partial charge in [-0.1, -0.05) is 104 Å². The van der Waals surface area contributed by atoms with Crippen molar-refractivity contribution >= 4 is 21.8 Å². The Morgan fingerprint density at radius 2 is 1.50 bits per heavy atom. The molecule has 0 bridgehead atoms. The van der Waals surface area contributed by atoms with Crippen LogP contribution in [0.2, 0.25) is 0 Å². The van der Waals surface area contributed by atoms with E-state index in [4.69, 9.17) is 9.47 Å². The lowest BCUT2D eigenvalue weighted by Crippen LogP contribution is -2.38. The van der Waals surface area contributed by atoms with Gasteiger partial charge in [-0.05, 0) is 52.1 Å². The molecule has 4 atom stereocenters. The average Bonchev–Trinajstić information content (AvgIpc) is 3.11. The summed E-state index contributed by atoms with van der Waals surface area (Å²) in [6, 6.07) is 33.9. The van der Waals surface area contributed by atoms with Crippen molar-refractivity contribution in [3.05, 3.63) is 144 Å². The van der Waals surface area contributed by atoms with Gasteiger partial charge in [-0.3, -0.25) is 0 Å². The fourth-order valence-corrected chi connectivity index (χ4v) is 7.39. The first-order valence-corrected chi connectivity index (χ1v) is 17.5. The van der Waals surface area contributed by atoms with Gasteiger partial charge >= 0.3 is 0 Å². The number of hydrogen-bond acceptors (Lipinski definition) is 8. The summed E-state index contributed by atoms with van der Waals surface area (Å²) in [7, 11) is -3.61. The normalized spacial score (nSPS) is 20.0. The van der Waals surface area contributed by atoms with Gasteiger partial charge in [-0.2, -0.15) is 0 Å². The molecule has 1 aliphatic rings. The van der Waals surface area contributed by atoms with Crippen molar-refractivity contribution in [2.24, 2.45) is 5.92 Å². The van der Waals surface area contributed by atoms with E-state index in [-0.39, 0.29) is 36.2 Å². The summed E-state index contributed by atoms with van der Waals surface area (Å²) in [6.07, 6.45) is 2.53. The van der Waals surface area contributed by atoms with Gasteiger partial charge in [0.2, 0.25) is 10.0 Å². The van der Waals surface area contributed by atoms with E-state index in [9.17, 15) is 13.5 Å². The molecular formula is C36H35N3O5S2. The summed E-state index contributed by atoms with van der Waals surface area (Å²) >= 11 is 1.56. The van der Waals surface area contributed by atoms with Gasteiger partial charge in [0.05, 0.1) is 23.7 Å². The fraction of sp³-hybridized carbons (Fsp3) is 0.222. The highest BCUT2D eigenvalue weighted by Crippen LogP contribution is 2.43. The maximum Gasteiger partial charge on any atom is 0.240 e. The van der Waals surface area contributed by atoms with Crippen LogP contribution >= 0.6 is 11.8 Å². The number of aromatic nitrogens is 2. The molecule has 1 saturated heterocycles. The Morgan fingerprint density at radius 3 is 2.22 bits per heavy atom. The van der Waals surface area contributed by atoms with Crippen LogP contribution in [0.3, 0.4) is 0 Å². The minimum absolute atomic E-state index is 0.0119. The van der Waals surface area contributed by atoms with Crippen LogP contribution in [0.5, 0.6) is 0 Å². The third-order valence-corrected chi connectivity index (χ3v) is 10.4. The van der Waals surface area contributed by atoms with Crippen LogP contribution in [-0.2, 0) is 32.6 Å². The Morgan fingerprint density at radius 1 is 0.783 bits per heavy atom. The quantitative estimate of drug-likeness (QED) is 0.120. The lowest BCUT2D eigenvalue weighted by atomic mass is 9.91. The molecular weight excluding hydrogens is 619 g/mol. The third kappa shape index (κ3) is 7.72. The first-order valence-electron chi connectivity index (χ1n) is 15.0. The molecule has 2 N–H and O–H groups in total. The maximum absolute atomic E-state index is 12.7. The average molecular weight is 654 g/mol. The number of sulfonamides is 1. The highest BCUT2D eigenvalue weighted by atomic mass is 32.2. The van der Waals surface area contributed by atoms with Crippen LogP contribution in [0.4, 0.5) is 0 Å². The molecule has 10 heteroatoms. The van der Waals surface area contributed by atoms with E-state index in [1.807, 2.05) is 72.8 Å². The van der Waals surface area contributed by atoms with Crippen molar-refractivity contribution in [3.8, 4) is 11.1 Å². The largest absolute Gasteiger partial charge is 0.392 e. The van der Waals surface area contributed by atoms with Crippen molar-refractivity contribution in [1.82, 2.24) is 14.7 Å². The van der Waals surface area contributed by atoms with Gasteiger partial charge in [-0.15, -0.1) is 0 Å². The van der Waals surface area contributed by atoms with Crippen LogP contribution < -0.4 is 4.72 Å². The van der Waals surface area contributed by atoms with Gasteiger partial charge in [0.1, 0.15) is 0 Å². The molecule has 46 heavy (non-hydrogen) atoms. The predicted octanol–water partition coefficient (Wildman–Crippen LogP) is 6.70. The fourth-order valence-electron chi connectivity index (χ4n) is 5.38. The summed E-state index contributed by atoms with van der Waals surface area (Å²) in [5.41, 5.74) is 5.59. The molecule has 0 amide bonds. The zero-order chi connectivity index (χ0) is 31.9. The number of thioether (sulfide) groups is 1. The molecule has 8 nitrogen and oxygen atoms in total. The van der Waals surface area contributed by atoms with Crippen molar-refractivity contribution in [2.45, 2.75) is 48.6 Å². The van der Waals surface area contributed by atoms with Crippen molar-refractivity contribution in [2.75, 3.05) is 5.75 Å². The lowest BCUT2D eigenvalue weighted by molar-refractivity contribution is -0.268. The summed E-state index contributed by atoms with van der Waals surface area (Å²) in [4.78, 5) is 8.94. The summed E-state index contributed by atoms with van der Waals surface area (Å²) in [5, 5.41) is 10.2. The number of nitrogens with zero attached hydrogens (tertiary/aromatic N) is 2. The zero-order valence-corrected chi connectivity index (χ0v) is 26.9. The van der Waals surface area contributed by atoms with Crippen LogP contribution in [0.15, 0.2) is 132 Å². The predicted molar refractivity (Wildman–Crippen MR) is 178 cm³/mol. The molecule has 5 aromatic rings. The number of hydrogen-bond donors (Lipinski definition) is 2. The van der Waals surface area contributed by atoms with E-state index in [1.54, 1.807) is 60.6 Å². The SMILES string of the molecule is C[C@@H]1[C@H](CSc2ncccn2)O[C@H](c2ccc(-c3cccc(CNS(=O)(=O)c4ccccc4)c3)cc2)O[C@@H]1c1ccc(CO)cc1. The smallest absolute Gasteiger partial charge is 0.240 e. The molecule has 0 saturated carbocycles. The number of benzene rings is 4. The Balaban J connectivity index is 1.19. The second kappa shape index (κ2) is 14.7. The molecule has 6 rings (SSSR count). The summed E-state index contributed by atoms with van der Waals surface area (Å²) in [6.45, 7) is 2.30. The van der Waals surface area contributed by atoms with Crippen molar-refractivity contribution in [3.63, 3.8) is 0 Å². The van der Waals surface area contributed by atoms with E-state index in [2.05, 4.69) is 21.6 Å². The molecule has 4 aromatic carbocycles. The molecule has 0 unspecified atom stereocenters. The topological polar surface area (TPSA) is 111 Å². The monoisotopic (exact) mass is 653 g/mol. The second-order valence-electron chi connectivity index (χ2n) is 11.1. The molecule has 1 aromatic heterocycles. The Hall–Kier alpha value is -3.90. The Bertz CT molecular complexity index is 1820. The molecule has 0 radical (unpaired) electrons. The van der Waals surface area contributed by atoms with Crippen LogP contribution in [-0.4, -0.2) is 35.3 Å². The van der Waals surface area contributed by atoms with Gasteiger partial charge < -0.3 is 14.6 Å². The first-order chi connectivity index (χ1) is 22.4. The van der Waals surface area contributed by atoms with E-state index in [1.165, 1.54) is 0 Å².